The Morgan fingerprint density at radius 1 is 0.370 bits per heavy atom. The van der Waals surface area contributed by atoms with Crippen LogP contribution in [-0.2, 0) is 0 Å². The van der Waals surface area contributed by atoms with Gasteiger partial charge in [-0.05, 0) is 49.2 Å². The first kappa shape index (κ1) is 14.6. The summed E-state index contributed by atoms with van der Waals surface area (Å²) in [6.45, 7) is 0. The van der Waals surface area contributed by atoms with Crippen molar-refractivity contribution in [2.24, 2.45) is 0 Å². The molecule has 1 heteroatoms. The molecule has 0 aromatic heterocycles. The lowest BCUT2D eigenvalue weighted by Gasteiger charge is -2.15. The minimum absolute atomic E-state index is 0.836. The Kier molecular flexibility index (Phi) is 2.81. The highest BCUT2D eigenvalue weighted by Crippen LogP contribution is 2.42. The van der Waals surface area contributed by atoms with Crippen LogP contribution in [0.25, 0.3) is 53.9 Å². The van der Waals surface area contributed by atoms with Crippen molar-refractivity contribution in [3.05, 3.63) is 91.0 Å². The average molecular weight is 343 g/mol. The van der Waals surface area contributed by atoms with E-state index >= 15 is 0 Å². The molecule has 0 bridgehead atoms. The monoisotopic (exact) mass is 343 g/mol. The van der Waals surface area contributed by atoms with Crippen molar-refractivity contribution in [2.45, 2.75) is 0 Å². The summed E-state index contributed by atoms with van der Waals surface area (Å²) in [4.78, 5) is 0. The molecule has 0 unspecified atom stereocenters. The van der Waals surface area contributed by atoms with Crippen molar-refractivity contribution in [1.29, 1.82) is 0 Å². The predicted molar refractivity (Wildman–Crippen MR) is 118 cm³/mol. The fraction of sp³-hybridized carbons (Fsp3) is 0. The Morgan fingerprint density at radius 3 is 1.74 bits per heavy atom. The van der Waals surface area contributed by atoms with Crippen LogP contribution in [0.15, 0.2) is 91.0 Å². The second-order valence-electron chi connectivity index (χ2n) is 7.19. The maximum absolute atomic E-state index is 6.45. The molecule has 0 saturated carbocycles. The van der Waals surface area contributed by atoms with E-state index in [9.17, 15) is 0 Å². The third kappa shape index (κ3) is 1.89. The summed E-state index contributed by atoms with van der Waals surface area (Å²) in [6, 6.07) is 32.5. The number of fused-ring (bicyclic) bond motifs is 10. The molecule has 6 aromatic rings. The second kappa shape index (κ2) is 5.21. The first-order valence-electron chi connectivity index (χ1n) is 9.26. The zero-order chi connectivity index (χ0) is 18.0. The standard InChI is InChI=1S/C26H17N/c27-23-11-5-7-17-13-15-22-21-14-12-16-6-1-2-8-18(16)25(21)19-9-3-4-10-20(19)26(22)24(17)23/h1-15H,27H2. The number of anilines is 1. The lowest BCUT2D eigenvalue weighted by Crippen LogP contribution is -1.90. The normalized spacial score (nSPS) is 11.9. The van der Waals surface area contributed by atoms with Crippen LogP contribution in [0.4, 0.5) is 5.69 Å². The van der Waals surface area contributed by atoms with Crippen molar-refractivity contribution in [3.63, 3.8) is 0 Å². The summed E-state index contributed by atoms with van der Waals surface area (Å²) >= 11 is 0. The molecule has 0 heterocycles. The van der Waals surface area contributed by atoms with Crippen LogP contribution < -0.4 is 5.73 Å². The van der Waals surface area contributed by atoms with E-state index in [0.29, 0.717) is 0 Å². The van der Waals surface area contributed by atoms with E-state index in [4.69, 9.17) is 5.73 Å². The molecule has 2 N–H and O–H groups in total. The molecule has 0 radical (unpaired) electrons. The van der Waals surface area contributed by atoms with Gasteiger partial charge in [-0.25, -0.2) is 0 Å². The molecular weight excluding hydrogens is 326 g/mol. The number of nitrogens with two attached hydrogens (primary N) is 1. The number of hydrogen-bond donors (Lipinski definition) is 1. The van der Waals surface area contributed by atoms with Gasteiger partial charge in [-0.3, -0.25) is 0 Å². The van der Waals surface area contributed by atoms with Crippen LogP contribution in [0.5, 0.6) is 0 Å². The van der Waals surface area contributed by atoms with Gasteiger partial charge in [-0.2, -0.15) is 0 Å². The van der Waals surface area contributed by atoms with Gasteiger partial charge in [0.15, 0.2) is 0 Å². The highest BCUT2D eigenvalue weighted by molar-refractivity contribution is 6.36. The lowest BCUT2D eigenvalue weighted by atomic mass is 9.88. The summed E-state index contributed by atoms with van der Waals surface area (Å²) < 4.78 is 0. The molecule has 1 nitrogen and oxygen atoms in total. The molecule has 0 aliphatic heterocycles. The number of rotatable bonds is 0. The summed E-state index contributed by atoms with van der Waals surface area (Å²) in [5.41, 5.74) is 7.28. The molecular formula is C26H17N. The van der Waals surface area contributed by atoms with Gasteiger partial charge in [0.1, 0.15) is 0 Å². The minimum Gasteiger partial charge on any atom is -0.398 e. The summed E-state index contributed by atoms with van der Waals surface area (Å²) in [6.07, 6.45) is 0. The first-order chi connectivity index (χ1) is 13.3. The molecule has 0 fully saturated rings. The molecule has 0 aliphatic rings. The molecule has 126 valence electrons. The quantitative estimate of drug-likeness (QED) is 0.232. The van der Waals surface area contributed by atoms with Crippen LogP contribution >= 0.6 is 0 Å². The topological polar surface area (TPSA) is 26.0 Å². The fourth-order valence-corrected chi connectivity index (χ4v) is 4.62. The lowest BCUT2D eigenvalue weighted by molar-refractivity contribution is 1.76. The number of benzene rings is 6. The SMILES string of the molecule is Nc1cccc2ccc3c4ccc5ccccc5c4c4ccccc4c3c12. The van der Waals surface area contributed by atoms with E-state index in [2.05, 4.69) is 78.9 Å². The molecule has 27 heavy (non-hydrogen) atoms. The summed E-state index contributed by atoms with van der Waals surface area (Å²) in [7, 11) is 0. The average Bonchev–Trinajstić information content (AvgIpc) is 2.73. The van der Waals surface area contributed by atoms with Gasteiger partial charge in [-0.15, -0.1) is 0 Å². The van der Waals surface area contributed by atoms with Crippen molar-refractivity contribution >= 4 is 59.5 Å². The van der Waals surface area contributed by atoms with Gasteiger partial charge in [-0.1, -0.05) is 84.9 Å². The Hall–Kier alpha value is -3.58. The maximum Gasteiger partial charge on any atom is 0.0400 e. The highest BCUT2D eigenvalue weighted by atomic mass is 14.5. The van der Waals surface area contributed by atoms with Gasteiger partial charge in [0.25, 0.3) is 0 Å². The zero-order valence-electron chi connectivity index (χ0n) is 14.7. The molecule has 0 saturated heterocycles. The largest absolute Gasteiger partial charge is 0.398 e. The second-order valence-corrected chi connectivity index (χ2v) is 7.19. The van der Waals surface area contributed by atoms with E-state index in [0.717, 1.165) is 11.1 Å². The Morgan fingerprint density at radius 2 is 0.926 bits per heavy atom. The Balaban J connectivity index is 2.05. The Bertz CT molecular complexity index is 1510. The van der Waals surface area contributed by atoms with Crippen molar-refractivity contribution in [1.82, 2.24) is 0 Å². The van der Waals surface area contributed by atoms with Gasteiger partial charge in [0, 0.05) is 16.5 Å². The predicted octanol–water partition coefficient (Wildman–Crippen LogP) is 7.03. The summed E-state index contributed by atoms with van der Waals surface area (Å²) in [5.74, 6) is 0. The van der Waals surface area contributed by atoms with Gasteiger partial charge in [0.05, 0.1) is 0 Å². The van der Waals surface area contributed by atoms with E-state index in [-0.39, 0.29) is 0 Å². The molecule has 0 amide bonds. The first-order valence-corrected chi connectivity index (χ1v) is 9.26. The van der Waals surface area contributed by atoms with E-state index in [1.165, 1.54) is 48.5 Å². The van der Waals surface area contributed by atoms with Crippen molar-refractivity contribution in [2.75, 3.05) is 5.73 Å². The van der Waals surface area contributed by atoms with Crippen LogP contribution in [-0.4, -0.2) is 0 Å². The fourth-order valence-electron chi connectivity index (χ4n) is 4.62. The molecule has 0 spiro atoms. The minimum atomic E-state index is 0.836. The van der Waals surface area contributed by atoms with E-state index in [1.807, 2.05) is 12.1 Å². The smallest absolute Gasteiger partial charge is 0.0400 e. The Labute approximate surface area is 156 Å². The van der Waals surface area contributed by atoms with Crippen LogP contribution in [0.1, 0.15) is 0 Å². The van der Waals surface area contributed by atoms with Gasteiger partial charge < -0.3 is 5.73 Å². The van der Waals surface area contributed by atoms with Crippen LogP contribution in [0.3, 0.4) is 0 Å². The van der Waals surface area contributed by atoms with Crippen molar-refractivity contribution in [3.8, 4) is 0 Å². The van der Waals surface area contributed by atoms with Gasteiger partial charge in [0.2, 0.25) is 0 Å². The summed E-state index contributed by atoms with van der Waals surface area (Å²) in [5, 5.41) is 12.6. The van der Waals surface area contributed by atoms with E-state index < -0.39 is 0 Å². The molecule has 6 rings (SSSR count). The van der Waals surface area contributed by atoms with Crippen molar-refractivity contribution < 1.29 is 0 Å². The molecule has 6 aromatic carbocycles. The number of hydrogen-bond acceptors (Lipinski definition) is 1. The van der Waals surface area contributed by atoms with Gasteiger partial charge >= 0.3 is 0 Å². The third-order valence-electron chi connectivity index (χ3n) is 5.76. The molecule has 0 aliphatic carbocycles. The third-order valence-corrected chi connectivity index (χ3v) is 5.76. The van der Waals surface area contributed by atoms with Crippen LogP contribution in [0, 0.1) is 0 Å². The number of nitrogen functional groups attached to an aromatic ring is 1. The van der Waals surface area contributed by atoms with Crippen LogP contribution in [0.2, 0.25) is 0 Å². The zero-order valence-corrected chi connectivity index (χ0v) is 14.7. The highest BCUT2D eigenvalue weighted by Gasteiger charge is 2.14. The maximum atomic E-state index is 6.45. The molecule has 0 atom stereocenters. The van der Waals surface area contributed by atoms with E-state index in [1.54, 1.807) is 0 Å².